The summed E-state index contributed by atoms with van der Waals surface area (Å²) >= 11 is 11.8. The van der Waals surface area contributed by atoms with Gasteiger partial charge in [0, 0.05) is 15.7 Å². The van der Waals surface area contributed by atoms with Gasteiger partial charge < -0.3 is 9.47 Å². The second kappa shape index (κ2) is 9.26. The lowest BCUT2D eigenvalue weighted by Crippen LogP contribution is -2.14. The van der Waals surface area contributed by atoms with Gasteiger partial charge in [-0.3, -0.25) is 5.32 Å². The quantitative estimate of drug-likeness (QED) is 0.412. The number of rotatable bonds is 5. The van der Waals surface area contributed by atoms with Gasteiger partial charge in [0.1, 0.15) is 12.4 Å². The third kappa shape index (κ3) is 5.74. The molecule has 142 valence electrons. The molecule has 5 nitrogen and oxygen atoms in total. The van der Waals surface area contributed by atoms with E-state index in [1.165, 1.54) is 30.3 Å². The Morgan fingerprint density at radius 1 is 0.857 bits per heavy atom. The number of nitrogens with one attached hydrogen (secondary N) is 1. The van der Waals surface area contributed by atoms with E-state index >= 15 is 0 Å². The Balaban J connectivity index is 1.55. The highest BCUT2D eigenvalue weighted by Crippen LogP contribution is 2.25. The fourth-order valence-corrected chi connectivity index (χ4v) is 2.83. The molecule has 0 unspecified atom stereocenters. The van der Waals surface area contributed by atoms with Crippen molar-refractivity contribution in [3.05, 3.63) is 94.0 Å². The van der Waals surface area contributed by atoms with Gasteiger partial charge in [-0.2, -0.15) is 0 Å². The molecule has 0 fully saturated rings. The molecule has 0 saturated heterocycles. The molecule has 1 amide bonds. The van der Waals surface area contributed by atoms with Crippen LogP contribution in [0.15, 0.2) is 72.8 Å². The Bertz CT molecular complexity index is 955. The lowest BCUT2D eigenvalue weighted by atomic mass is 10.2. The van der Waals surface area contributed by atoms with Gasteiger partial charge >= 0.3 is 12.1 Å². The first-order chi connectivity index (χ1) is 13.5. The fraction of sp³-hybridized carbons (Fsp3) is 0.0476. The van der Waals surface area contributed by atoms with Crippen molar-refractivity contribution in [2.24, 2.45) is 0 Å². The minimum absolute atomic E-state index is 0.166. The van der Waals surface area contributed by atoms with Crippen molar-refractivity contribution in [3.63, 3.8) is 0 Å². The standard InChI is InChI=1S/C21H15Cl2NO4/c22-16-10-17(23)12-19(11-16)28-20(25)15-6-8-18(9-7-15)24-21(26)27-13-14-4-2-1-3-5-14/h1-12H,13H2,(H,24,26). The molecule has 28 heavy (non-hydrogen) atoms. The van der Waals surface area contributed by atoms with E-state index in [0.717, 1.165) is 5.56 Å². The highest BCUT2D eigenvalue weighted by molar-refractivity contribution is 6.34. The number of esters is 1. The molecule has 7 heteroatoms. The van der Waals surface area contributed by atoms with E-state index in [9.17, 15) is 9.59 Å². The molecule has 0 aliphatic rings. The number of anilines is 1. The topological polar surface area (TPSA) is 64.6 Å². The van der Waals surface area contributed by atoms with E-state index in [-0.39, 0.29) is 12.4 Å². The summed E-state index contributed by atoms with van der Waals surface area (Å²) < 4.78 is 10.4. The van der Waals surface area contributed by atoms with Crippen molar-refractivity contribution in [2.75, 3.05) is 5.32 Å². The number of ether oxygens (including phenoxy) is 2. The van der Waals surface area contributed by atoms with Crippen LogP contribution in [0.2, 0.25) is 10.0 Å². The number of carbonyl (C=O) groups is 2. The number of hydrogen-bond donors (Lipinski definition) is 1. The average molecular weight is 416 g/mol. The van der Waals surface area contributed by atoms with Crippen molar-refractivity contribution in [1.29, 1.82) is 0 Å². The van der Waals surface area contributed by atoms with Crippen LogP contribution in [0.25, 0.3) is 0 Å². The normalized spacial score (nSPS) is 10.2. The molecule has 0 radical (unpaired) electrons. The van der Waals surface area contributed by atoms with E-state index in [1.807, 2.05) is 30.3 Å². The molecule has 0 aliphatic carbocycles. The Labute approximate surface area is 171 Å². The smallest absolute Gasteiger partial charge is 0.411 e. The predicted molar refractivity (Wildman–Crippen MR) is 108 cm³/mol. The van der Waals surface area contributed by atoms with Gasteiger partial charge in [-0.1, -0.05) is 53.5 Å². The minimum Gasteiger partial charge on any atom is -0.444 e. The summed E-state index contributed by atoms with van der Waals surface area (Å²) in [5.41, 5.74) is 1.68. The van der Waals surface area contributed by atoms with Crippen molar-refractivity contribution >= 4 is 41.0 Å². The molecule has 0 saturated carbocycles. The summed E-state index contributed by atoms with van der Waals surface area (Å²) in [6, 6.07) is 20.1. The average Bonchev–Trinajstić information content (AvgIpc) is 2.67. The summed E-state index contributed by atoms with van der Waals surface area (Å²) in [4.78, 5) is 24.1. The highest BCUT2D eigenvalue weighted by Gasteiger charge is 2.11. The largest absolute Gasteiger partial charge is 0.444 e. The number of halogens is 2. The van der Waals surface area contributed by atoms with Crippen LogP contribution in [-0.2, 0) is 11.3 Å². The van der Waals surface area contributed by atoms with Crippen LogP contribution in [0.5, 0.6) is 5.75 Å². The molecule has 3 aromatic rings. The van der Waals surface area contributed by atoms with E-state index in [0.29, 0.717) is 21.3 Å². The molecule has 0 atom stereocenters. The van der Waals surface area contributed by atoms with Gasteiger partial charge in [-0.15, -0.1) is 0 Å². The Hall–Kier alpha value is -3.02. The molecule has 0 bridgehead atoms. The molecular weight excluding hydrogens is 401 g/mol. The Morgan fingerprint density at radius 3 is 2.14 bits per heavy atom. The Morgan fingerprint density at radius 2 is 1.50 bits per heavy atom. The number of hydrogen-bond acceptors (Lipinski definition) is 4. The molecule has 0 heterocycles. The zero-order chi connectivity index (χ0) is 19.9. The van der Waals surface area contributed by atoms with Gasteiger partial charge in [0.25, 0.3) is 0 Å². The van der Waals surface area contributed by atoms with Crippen LogP contribution in [0.1, 0.15) is 15.9 Å². The minimum atomic E-state index is -0.590. The third-order valence-electron chi connectivity index (χ3n) is 3.63. The summed E-state index contributed by atoms with van der Waals surface area (Å²) in [7, 11) is 0. The molecule has 0 aromatic heterocycles. The molecule has 3 rings (SSSR count). The first-order valence-electron chi connectivity index (χ1n) is 8.25. The number of amides is 1. The lowest BCUT2D eigenvalue weighted by molar-refractivity contribution is 0.0735. The summed E-state index contributed by atoms with van der Waals surface area (Å²) in [5, 5.41) is 3.32. The SMILES string of the molecule is O=C(Nc1ccc(C(=O)Oc2cc(Cl)cc(Cl)c2)cc1)OCc1ccccc1. The molecule has 0 spiro atoms. The number of carbonyl (C=O) groups excluding carboxylic acids is 2. The molecule has 1 N–H and O–H groups in total. The first kappa shape index (κ1) is 19.7. The highest BCUT2D eigenvalue weighted by atomic mass is 35.5. The van der Waals surface area contributed by atoms with Crippen LogP contribution in [0, 0.1) is 0 Å². The van der Waals surface area contributed by atoms with Crippen LogP contribution in [-0.4, -0.2) is 12.1 Å². The maximum absolute atomic E-state index is 12.2. The van der Waals surface area contributed by atoms with E-state index in [1.54, 1.807) is 12.1 Å². The van der Waals surface area contributed by atoms with E-state index in [4.69, 9.17) is 32.7 Å². The van der Waals surface area contributed by atoms with Gasteiger partial charge in [-0.05, 0) is 48.0 Å². The second-order valence-corrected chi connectivity index (χ2v) is 6.63. The summed E-state index contributed by atoms with van der Waals surface area (Å²) in [5.74, 6) is -0.328. The van der Waals surface area contributed by atoms with E-state index in [2.05, 4.69) is 5.32 Å². The predicted octanol–water partition coefficient (Wildman–Crippen LogP) is 5.96. The monoisotopic (exact) mass is 415 g/mol. The second-order valence-electron chi connectivity index (χ2n) is 5.76. The zero-order valence-corrected chi connectivity index (χ0v) is 16.0. The van der Waals surface area contributed by atoms with Crippen LogP contribution < -0.4 is 10.1 Å². The number of benzene rings is 3. The lowest BCUT2D eigenvalue weighted by Gasteiger charge is -2.08. The van der Waals surface area contributed by atoms with Gasteiger partial charge in [0.05, 0.1) is 5.56 Å². The molecule has 3 aromatic carbocycles. The molecule has 0 aliphatic heterocycles. The van der Waals surface area contributed by atoms with Crippen LogP contribution in [0.3, 0.4) is 0 Å². The van der Waals surface area contributed by atoms with Gasteiger partial charge in [-0.25, -0.2) is 9.59 Å². The van der Waals surface area contributed by atoms with Crippen molar-refractivity contribution in [1.82, 2.24) is 0 Å². The fourth-order valence-electron chi connectivity index (χ4n) is 2.32. The first-order valence-corrected chi connectivity index (χ1v) is 9.01. The third-order valence-corrected chi connectivity index (χ3v) is 4.06. The summed E-state index contributed by atoms with van der Waals surface area (Å²) in [6.07, 6.45) is -0.590. The van der Waals surface area contributed by atoms with E-state index < -0.39 is 12.1 Å². The molecular formula is C21H15Cl2NO4. The van der Waals surface area contributed by atoms with Crippen LogP contribution >= 0.6 is 23.2 Å². The summed E-state index contributed by atoms with van der Waals surface area (Å²) in [6.45, 7) is 0.166. The zero-order valence-electron chi connectivity index (χ0n) is 14.5. The van der Waals surface area contributed by atoms with Crippen molar-refractivity contribution in [2.45, 2.75) is 6.61 Å². The van der Waals surface area contributed by atoms with Gasteiger partial charge in [0.2, 0.25) is 0 Å². The van der Waals surface area contributed by atoms with Gasteiger partial charge in [0.15, 0.2) is 0 Å². The van der Waals surface area contributed by atoms with Crippen LogP contribution in [0.4, 0.5) is 10.5 Å². The van der Waals surface area contributed by atoms with Crippen molar-refractivity contribution < 1.29 is 19.1 Å². The maximum Gasteiger partial charge on any atom is 0.411 e. The van der Waals surface area contributed by atoms with Crippen molar-refractivity contribution in [3.8, 4) is 5.75 Å². The Kier molecular flexibility index (Phi) is 6.53. The maximum atomic E-state index is 12.2.